The maximum atomic E-state index is 11.5. The summed E-state index contributed by atoms with van der Waals surface area (Å²) >= 11 is 1.77. The minimum Gasteiger partial charge on any atom is -0.294 e. The van der Waals surface area contributed by atoms with Crippen molar-refractivity contribution < 1.29 is 4.79 Å². The number of fused-ring (bicyclic) bond motifs is 1. The van der Waals surface area contributed by atoms with Gasteiger partial charge in [-0.25, -0.2) is 0 Å². The molecule has 0 spiro atoms. The summed E-state index contributed by atoms with van der Waals surface area (Å²) in [4.78, 5) is 14.1. The van der Waals surface area contributed by atoms with E-state index in [1.807, 2.05) is 27.7 Å². The zero-order valence-electron chi connectivity index (χ0n) is 11.4. The van der Waals surface area contributed by atoms with Gasteiger partial charge in [-0.15, -0.1) is 11.3 Å². The van der Waals surface area contributed by atoms with Crippen molar-refractivity contribution in [3.05, 3.63) is 20.9 Å². The van der Waals surface area contributed by atoms with Gasteiger partial charge >= 0.3 is 0 Å². The number of hydrogen-bond donors (Lipinski definition) is 0. The Morgan fingerprint density at radius 3 is 2.00 bits per heavy atom. The molecule has 1 aromatic rings. The van der Waals surface area contributed by atoms with Crippen LogP contribution >= 0.6 is 11.3 Å². The molecule has 16 heavy (non-hydrogen) atoms. The highest BCUT2D eigenvalue weighted by atomic mass is 32.1. The van der Waals surface area contributed by atoms with Gasteiger partial charge in [-0.3, -0.25) is 4.79 Å². The van der Waals surface area contributed by atoms with Crippen LogP contribution in [0.1, 0.15) is 66.2 Å². The third-order valence-corrected chi connectivity index (χ3v) is 3.56. The average molecular weight is 240 g/mol. The van der Waals surface area contributed by atoms with Gasteiger partial charge in [-0.05, 0) is 32.3 Å². The van der Waals surface area contributed by atoms with E-state index in [9.17, 15) is 4.79 Å². The van der Waals surface area contributed by atoms with Crippen molar-refractivity contribution in [1.82, 2.24) is 0 Å². The Morgan fingerprint density at radius 1 is 0.938 bits per heavy atom. The van der Waals surface area contributed by atoms with Crippen LogP contribution in [0.25, 0.3) is 0 Å². The molecule has 0 bridgehead atoms. The Morgan fingerprint density at radius 2 is 1.50 bits per heavy atom. The van der Waals surface area contributed by atoms with E-state index in [2.05, 4.69) is 13.8 Å². The van der Waals surface area contributed by atoms with Crippen molar-refractivity contribution in [3.8, 4) is 0 Å². The van der Waals surface area contributed by atoms with Crippen molar-refractivity contribution in [2.45, 2.75) is 60.8 Å². The van der Waals surface area contributed by atoms with Gasteiger partial charge in [0.05, 0.1) is 0 Å². The first kappa shape index (κ1) is 15.4. The summed E-state index contributed by atoms with van der Waals surface area (Å²) in [5.41, 5.74) is 2.37. The third-order valence-electron chi connectivity index (χ3n) is 2.49. The van der Waals surface area contributed by atoms with Crippen LogP contribution in [0.15, 0.2) is 0 Å². The smallest absolute Gasteiger partial charge is 0.164 e. The summed E-state index contributed by atoms with van der Waals surface area (Å²) in [6.45, 7) is 12.2. The van der Waals surface area contributed by atoms with Crippen LogP contribution in [0.4, 0.5) is 0 Å². The number of carbonyl (C=O) groups is 1. The van der Waals surface area contributed by atoms with Gasteiger partial charge in [-0.1, -0.05) is 27.7 Å². The van der Waals surface area contributed by atoms with Gasteiger partial charge in [0.15, 0.2) is 5.78 Å². The molecular weight excluding hydrogens is 216 g/mol. The molecule has 0 saturated heterocycles. The fourth-order valence-electron chi connectivity index (χ4n) is 1.95. The molecule has 2 heteroatoms. The number of hydrogen-bond acceptors (Lipinski definition) is 2. The van der Waals surface area contributed by atoms with Crippen LogP contribution in [-0.2, 0) is 6.42 Å². The zero-order chi connectivity index (χ0) is 12.7. The fraction of sp³-hybridized carbons (Fsp3) is 0.643. The van der Waals surface area contributed by atoms with E-state index in [1.54, 1.807) is 11.3 Å². The molecule has 0 atom stereocenters. The van der Waals surface area contributed by atoms with E-state index >= 15 is 0 Å². The van der Waals surface area contributed by atoms with Crippen LogP contribution < -0.4 is 0 Å². The van der Waals surface area contributed by atoms with Gasteiger partial charge < -0.3 is 0 Å². The van der Waals surface area contributed by atoms with Crippen molar-refractivity contribution in [2.24, 2.45) is 0 Å². The molecule has 0 aromatic carbocycles. The molecule has 1 aromatic heterocycles. The zero-order valence-corrected chi connectivity index (χ0v) is 12.3. The molecule has 1 nitrogen and oxygen atoms in total. The molecule has 1 heterocycles. The SMILES string of the molecule is CC.CC.Cc1sc(C)c2c1CCCC2=O. The molecule has 2 rings (SSSR count). The summed E-state index contributed by atoms with van der Waals surface area (Å²) in [6, 6.07) is 0. The average Bonchev–Trinajstić information content (AvgIpc) is 2.61. The van der Waals surface area contributed by atoms with Crippen LogP contribution in [0.3, 0.4) is 0 Å². The lowest BCUT2D eigenvalue weighted by molar-refractivity contribution is 0.0972. The van der Waals surface area contributed by atoms with E-state index in [-0.39, 0.29) is 0 Å². The number of thiophene rings is 1. The third kappa shape index (κ3) is 3.18. The highest BCUT2D eigenvalue weighted by molar-refractivity contribution is 7.12. The fourth-order valence-corrected chi connectivity index (χ4v) is 3.07. The molecule has 1 aliphatic carbocycles. The summed E-state index contributed by atoms with van der Waals surface area (Å²) in [7, 11) is 0. The van der Waals surface area contributed by atoms with Crippen molar-refractivity contribution in [3.63, 3.8) is 0 Å². The lowest BCUT2D eigenvalue weighted by atomic mass is 9.91. The maximum absolute atomic E-state index is 11.5. The Hall–Kier alpha value is -0.630. The first-order chi connectivity index (χ1) is 7.70. The van der Waals surface area contributed by atoms with Crippen molar-refractivity contribution >= 4 is 17.1 Å². The molecule has 92 valence electrons. The second kappa shape index (κ2) is 7.61. The molecule has 1 aliphatic rings. The number of carbonyl (C=O) groups excluding carboxylic acids is 1. The number of aryl methyl sites for hydroxylation is 2. The summed E-state index contributed by atoms with van der Waals surface area (Å²) in [6.07, 6.45) is 2.91. The second-order valence-corrected chi connectivity index (χ2v) is 4.77. The topological polar surface area (TPSA) is 17.1 Å². The van der Waals surface area contributed by atoms with Crippen molar-refractivity contribution in [2.75, 3.05) is 0 Å². The van der Waals surface area contributed by atoms with Gasteiger partial charge in [-0.2, -0.15) is 0 Å². The second-order valence-electron chi connectivity index (χ2n) is 3.34. The van der Waals surface area contributed by atoms with Crippen LogP contribution in [0.5, 0.6) is 0 Å². The molecule has 0 radical (unpaired) electrons. The van der Waals surface area contributed by atoms with E-state index in [0.717, 1.165) is 24.8 Å². The van der Waals surface area contributed by atoms with Gasteiger partial charge in [0.25, 0.3) is 0 Å². The lowest BCUT2D eigenvalue weighted by Crippen LogP contribution is -2.09. The Bertz CT molecular complexity index is 337. The van der Waals surface area contributed by atoms with Gasteiger partial charge in [0.1, 0.15) is 0 Å². The van der Waals surface area contributed by atoms with E-state index in [4.69, 9.17) is 0 Å². The molecule has 0 fully saturated rings. The number of ketones is 1. The van der Waals surface area contributed by atoms with Crippen LogP contribution in [0.2, 0.25) is 0 Å². The molecule has 0 saturated carbocycles. The molecule has 0 N–H and O–H groups in total. The van der Waals surface area contributed by atoms with Crippen molar-refractivity contribution in [1.29, 1.82) is 0 Å². The monoisotopic (exact) mass is 240 g/mol. The van der Waals surface area contributed by atoms with Crippen LogP contribution in [-0.4, -0.2) is 5.78 Å². The minimum atomic E-state index is 0.359. The summed E-state index contributed by atoms with van der Waals surface area (Å²) in [5.74, 6) is 0.359. The Labute approximate surface area is 104 Å². The standard InChI is InChI=1S/C10H12OS.2C2H6/c1-6-8-4-3-5-9(11)10(8)7(2)12-6;2*1-2/h3-5H2,1-2H3;2*1-2H3. The highest BCUT2D eigenvalue weighted by Crippen LogP contribution is 2.32. The first-order valence-electron chi connectivity index (χ1n) is 6.32. The Kier molecular flexibility index (Phi) is 7.31. The van der Waals surface area contributed by atoms with Crippen LogP contribution in [0, 0.1) is 13.8 Å². The predicted molar refractivity (Wildman–Crippen MR) is 73.8 cm³/mol. The van der Waals surface area contributed by atoms with E-state index in [0.29, 0.717) is 5.78 Å². The van der Waals surface area contributed by atoms with Gasteiger partial charge in [0.2, 0.25) is 0 Å². The highest BCUT2D eigenvalue weighted by Gasteiger charge is 2.22. The lowest BCUT2D eigenvalue weighted by Gasteiger charge is -2.11. The first-order valence-corrected chi connectivity index (χ1v) is 7.14. The minimum absolute atomic E-state index is 0.359. The predicted octanol–water partition coefficient (Wildman–Crippen LogP) is 4.94. The van der Waals surface area contributed by atoms with Gasteiger partial charge in [0, 0.05) is 21.7 Å². The van der Waals surface area contributed by atoms with E-state index in [1.165, 1.54) is 15.3 Å². The molecule has 0 aliphatic heterocycles. The molecular formula is C14H24OS. The van der Waals surface area contributed by atoms with E-state index < -0.39 is 0 Å². The number of Topliss-reactive ketones (excluding diaryl/α,β-unsaturated/α-hetero) is 1. The molecule has 0 amide bonds. The maximum Gasteiger partial charge on any atom is 0.164 e. The quantitative estimate of drug-likeness (QED) is 0.628. The Balaban J connectivity index is 0.000000509. The largest absolute Gasteiger partial charge is 0.294 e. The summed E-state index contributed by atoms with van der Waals surface area (Å²) in [5, 5.41) is 0. The summed E-state index contributed by atoms with van der Waals surface area (Å²) < 4.78 is 0. The molecule has 0 unspecified atom stereocenters. The normalized spacial score (nSPS) is 13.0. The number of rotatable bonds is 0.